The van der Waals surface area contributed by atoms with E-state index in [1.54, 1.807) is 5.57 Å². The molecule has 0 N–H and O–H groups in total. The fourth-order valence-corrected chi connectivity index (χ4v) is 9.76. The monoisotopic (exact) mass is 454 g/mol. The highest BCUT2D eigenvalue weighted by Gasteiger charge is 2.65. The molecule has 1 saturated heterocycles. The van der Waals surface area contributed by atoms with Gasteiger partial charge in [-0.3, -0.25) is 9.59 Å². The molecule has 3 nitrogen and oxygen atoms in total. The molecule has 0 aromatic heterocycles. The molecule has 5 rings (SSSR count). The van der Waals surface area contributed by atoms with Gasteiger partial charge in [0.1, 0.15) is 11.9 Å². The maximum absolute atomic E-state index is 12.9. The second kappa shape index (κ2) is 7.05. The van der Waals surface area contributed by atoms with Gasteiger partial charge in [0.05, 0.1) is 5.60 Å². The summed E-state index contributed by atoms with van der Waals surface area (Å²) in [4.78, 5) is 25.7. The van der Waals surface area contributed by atoms with E-state index in [9.17, 15) is 9.59 Å². The summed E-state index contributed by atoms with van der Waals surface area (Å²) in [7, 11) is 0. The van der Waals surface area contributed by atoms with Crippen molar-refractivity contribution in [2.45, 2.75) is 118 Å². The van der Waals surface area contributed by atoms with Crippen molar-refractivity contribution >= 4 is 11.6 Å². The lowest BCUT2D eigenvalue weighted by Gasteiger charge is -2.63. The van der Waals surface area contributed by atoms with Gasteiger partial charge in [-0.05, 0) is 92.3 Å². The first-order valence-electron chi connectivity index (χ1n) is 13.6. The van der Waals surface area contributed by atoms with E-state index in [-0.39, 0.29) is 33.4 Å². The van der Waals surface area contributed by atoms with Crippen molar-refractivity contribution in [1.82, 2.24) is 0 Å². The molecule has 33 heavy (non-hydrogen) atoms. The number of fused-ring (bicyclic) bond motifs is 5. The van der Waals surface area contributed by atoms with E-state index in [0.29, 0.717) is 41.7 Å². The van der Waals surface area contributed by atoms with Crippen LogP contribution in [-0.2, 0) is 14.3 Å². The van der Waals surface area contributed by atoms with Gasteiger partial charge in [-0.25, -0.2) is 0 Å². The lowest BCUT2D eigenvalue weighted by atomic mass is 9.41. The molecule has 0 radical (unpaired) electrons. The van der Waals surface area contributed by atoms with E-state index in [1.165, 1.54) is 25.7 Å². The van der Waals surface area contributed by atoms with Crippen LogP contribution >= 0.6 is 0 Å². The number of ketones is 2. The van der Waals surface area contributed by atoms with Crippen molar-refractivity contribution in [2.24, 2.45) is 45.3 Å². The van der Waals surface area contributed by atoms with Crippen LogP contribution in [0.25, 0.3) is 0 Å². The number of carbonyl (C=O) groups excluding carboxylic acids is 2. The van der Waals surface area contributed by atoms with Gasteiger partial charge >= 0.3 is 0 Å². The van der Waals surface area contributed by atoms with Crippen molar-refractivity contribution in [1.29, 1.82) is 0 Å². The van der Waals surface area contributed by atoms with Gasteiger partial charge in [0, 0.05) is 18.3 Å². The SMILES string of the molecule is C[C@@H](CC(=O)[C@H]1OC1(C)C)[C@@H]1CC[C@]2(C)C3=CC[C@H]4C(C)(C)C(=O)CC[C@]4(C)[C@H]3CC[C@@]12C. The third-order valence-corrected chi connectivity index (χ3v) is 12.1. The first-order chi connectivity index (χ1) is 15.2. The van der Waals surface area contributed by atoms with Gasteiger partial charge in [0.2, 0.25) is 0 Å². The molecule has 4 aliphatic carbocycles. The van der Waals surface area contributed by atoms with Gasteiger partial charge in [0.15, 0.2) is 5.78 Å². The predicted octanol–water partition coefficient (Wildman–Crippen LogP) is 6.93. The molecule has 184 valence electrons. The zero-order valence-corrected chi connectivity index (χ0v) is 22.3. The van der Waals surface area contributed by atoms with E-state index >= 15 is 0 Å². The summed E-state index contributed by atoms with van der Waals surface area (Å²) < 4.78 is 5.66. The van der Waals surface area contributed by atoms with Crippen LogP contribution in [0.5, 0.6) is 0 Å². The normalized spacial score (nSPS) is 48.2. The lowest BCUT2D eigenvalue weighted by molar-refractivity contribution is -0.146. The van der Waals surface area contributed by atoms with Crippen molar-refractivity contribution in [2.75, 3.05) is 0 Å². The largest absolute Gasteiger partial charge is 0.358 e. The number of rotatable bonds is 4. The fourth-order valence-electron chi connectivity index (χ4n) is 9.76. The zero-order chi connectivity index (χ0) is 24.2. The fraction of sp³-hybridized carbons (Fsp3) is 0.867. The van der Waals surface area contributed by atoms with Crippen LogP contribution in [0.4, 0.5) is 0 Å². The van der Waals surface area contributed by atoms with E-state index in [2.05, 4.69) is 47.6 Å². The Hall–Kier alpha value is -0.960. The predicted molar refractivity (Wildman–Crippen MR) is 132 cm³/mol. The van der Waals surface area contributed by atoms with Crippen molar-refractivity contribution in [3.05, 3.63) is 11.6 Å². The van der Waals surface area contributed by atoms with E-state index in [0.717, 1.165) is 19.3 Å². The number of epoxide rings is 1. The number of ether oxygens (including phenoxy) is 1. The van der Waals surface area contributed by atoms with E-state index in [1.807, 2.05) is 13.8 Å². The Bertz CT molecular complexity index is 912. The standard InChI is InChI=1S/C30H46O3/c1-18(17-22(31)25-27(4,5)33-25)19-11-15-30(8)21-9-10-23-26(2,3)24(32)13-14-28(23,6)20(21)12-16-29(19,30)7/h9,18-20,23,25H,10-17H2,1-8H3/t18-,19-,20-,23-,25+,28+,29-,30+/m0/s1. The van der Waals surface area contributed by atoms with Crippen LogP contribution in [0.3, 0.4) is 0 Å². The molecule has 4 fully saturated rings. The van der Waals surface area contributed by atoms with E-state index < -0.39 is 0 Å². The van der Waals surface area contributed by atoms with Crippen molar-refractivity contribution < 1.29 is 14.3 Å². The Balaban J connectivity index is 1.41. The molecule has 0 unspecified atom stereocenters. The molecule has 0 bridgehead atoms. The zero-order valence-electron chi connectivity index (χ0n) is 22.3. The minimum absolute atomic E-state index is 0.188. The van der Waals surface area contributed by atoms with Crippen LogP contribution < -0.4 is 0 Å². The van der Waals surface area contributed by atoms with Gasteiger partial charge in [-0.2, -0.15) is 0 Å². The second-order valence-electron chi connectivity index (χ2n) is 14.3. The lowest BCUT2D eigenvalue weighted by Crippen LogP contribution is -2.57. The number of carbonyl (C=O) groups is 2. The second-order valence-corrected chi connectivity index (χ2v) is 14.3. The first kappa shape index (κ1) is 23.8. The Morgan fingerprint density at radius 2 is 1.73 bits per heavy atom. The molecule has 3 heteroatoms. The minimum atomic E-state index is -0.253. The van der Waals surface area contributed by atoms with Crippen LogP contribution in [0.15, 0.2) is 11.6 Å². The summed E-state index contributed by atoms with van der Waals surface area (Å²) in [6.07, 6.45) is 10.9. The summed E-state index contributed by atoms with van der Waals surface area (Å²) in [5, 5.41) is 0. The molecule has 3 saturated carbocycles. The minimum Gasteiger partial charge on any atom is -0.358 e. The topological polar surface area (TPSA) is 46.7 Å². The van der Waals surface area contributed by atoms with Gasteiger partial charge in [0.25, 0.3) is 0 Å². The van der Waals surface area contributed by atoms with Crippen LogP contribution in [0, 0.1) is 45.3 Å². The summed E-state index contributed by atoms with van der Waals surface area (Å²) in [6.45, 7) is 18.4. The molecule has 0 aromatic rings. The molecule has 0 aromatic carbocycles. The molecule has 8 atom stereocenters. The molecule has 0 amide bonds. The van der Waals surface area contributed by atoms with Gasteiger partial charge in [-0.1, -0.05) is 53.2 Å². The molecular formula is C30H46O3. The van der Waals surface area contributed by atoms with Gasteiger partial charge < -0.3 is 4.74 Å². The Kier molecular flexibility index (Phi) is 5.08. The average molecular weight is 455 g/mol. The third kappa shape index (κ3) is 3.09. The average Bonchev–Trinajstić information content (AvgIpc) is 3.26. The Morgan fingerprint density at radius 1 is 1.06 bits per heavy atom. The number of hydrogen-bond donors (Lipinski definition) is 0. The maximum Gasteiger partial charge on any atom is 0.164 e. The smallest absolute Gasteiger partial charge is 0.164 e. The van der Waals surface area contributed by atoms with Crippen LogP contribution in [0.1, 0.15) is 107 Å². The highest BCUT2D eigenvalue weighted by atomic mass is 16.6. The molecule has 0 spiro atoms. The van der Waals surface area contributed by atoms with Crippen LogP contribution in [0.2, 0.25) is 0 Å². The van der Waals surface area contributed by atoms with Crippen LogP contribution in [-0.4, -0.2) is 23.3 Å². The van der Waals surface area contributed by atoms with Crippen molar-refractivity contribution in [3.8, 4) is 0 Å². The maximum atomic E-state index is 12.9. The number of allylic oxidation sites excluding steroid dienone is 2. The molecule has 5 aliphatic rings. The summed E-state index contributed by atoms with van der Waals surface area (Å²) in [5.74, 6) is 2.84. The summed E-state index contributed by atoms with van der Waals surface area (Å²) in [5.41, 5.74) is 1.96. The van der Waals surface area contributed by atoms with E-state index in [4.69, 9.17) is 4.74 Å². The summed E-state index contributed by atoms with van der Waals surface area (Å²) in [6, 6.07) is 0. The molecule has 1 aliphatic heterocycles. The third-order valence-electron chi connectivity index (χ3n) is 12.1. The Labute approximate surface area is 201 Å². The highest BCUT2D eigenvalue weighted by Crippen LogP contribution is 2.73. The highest BCUT2D eigenvalue weighted by molar-refractivity contribution is 5.87. The first-order valence-corrected chi connectivity index (χ1v) is 13.6. The number of hydrogen-bond acceptors (Lipinski definition) is 3. The molecular weight excluding hydrogens is 408 g/mol. The quantitative estimate of drug-likeness (QED) is 0.342. The summed E-state index contributed by atoms with van der Waals surface area (Å²) >= 11 is 0. The Morgan fingerprint density at radius 3 is 2.36 bits per heavy atom. The molecule has 1 heterocycles. The van der Waals surface area contributed by atoms with Crippen molar-refractivity contribution in [3.63, 3.8) is 0 Å². The van der Waals surface area contributed by atoms with Gasteiger partial charge in [-0.15, -0.1) is 0 Å². The number of Topliss-reactive ketones (excluding diaryl/α,β-unsaturated/α-hetero) is 2.